The highest BCUT2D eigenvalue weighted by Crippen LogP contribution is 2.39. The smallest absolute Gasteiger partial charge is 0.251 e. The van der Waals surface area contributed by atoms with Crippen molar-refractivity contribution in [1.29, 1.82) is 0 Å². The maximum atomic E-state index is 12.1. The van der Waals surface area contributed by atoms with E-state index in [4.69, 9.17) is 17.3 Å². The van der Waals surface area contributed by atoms with E-state index in [1.807, 2.05) is 0 Å². The minimum absolute atomic E-state index is 0.0849. The van der Waals surface area contributed by atoms with Gasteiger partial charge >= 0.3 is 0 Å². The van der Waals surface area contributed by atoms with Gasteiger partial charge in [-0.2, -0.15) is 0 Å². The molecule has 20 heavy (non-hydrogen) atoms. The fourth-order valence-electron chi connectivity index (χ4n) is 2.26. The van der Waals surface area contributed by atoms with Crippen LogP contribution in [-0.4, -0.2) is 19.0 Å². The quantitative estimate of drug-likeness (QED) is 0.841. The third-order valence-corrected chi connectivity index (χ3v) is 4.11. The van der Waals surface area contributed by atoms with Crippen molar-refractivity contribution in [3.63, 3.8) is 0 Å². The van der Waals surface area contributed by atoms with Gasteiger partial charge in [-0.1, -0.05) is 36.8 Å². The molecule has 1 aromatic rings. The van der Waals surface area contributed by atoms with E-state index >= 15 is 0 Å². The van der Waals surface area contributed by atoms with Crippen LogP contribution in [0.1, 0.15) is 42.1 Å². The number of nitrogens with one attached hydrogen (secondary N) is 1. The molecule has 4 heteroatoms. The number of halogens is 1. The maximum absolute atomic E-state index is 12.1. The molecule has 0 heterocycles. The molecule has 0 unspecified atom stereocenters. The Hall–Kier alpha value is -1.50. The molecule has 3 nitrogen and oxygen atoms in total. The molecule has 1 saturated carbocycles. The molecule has 1 amide bonds. The number of carbonyl (C=O) groups excluding carboxylic acids is 1. The Morgan fingerprint density at radius 1 is 1.50 bits per heavy atom. The van der Waals surface area contributed by atoms with Crippen LogP contribution >= 0.6 is 11.6 Å². The van der Waals surface area contributed by atoms with Gasteiger partial charge in [0.05, 0.1) is 11.6 Å². The second-order valence-electron chi connectivity index (χ2n) is 5.55. The first-order valence-corrected chi connectivity index (χ1v) is 7.19. The monoisotopic (exact) mass is 290 g/mol. The Morgan fingerprint density at radius 3 is 2.80 bits per heavy atom. The first kappa shape index (κ1) is 14.9. The lowest BCUT2D eigenvalue weighted by Crippen LogP contribution is -2.39. The maximum Gasteiger partial charge on any atom is 0.251 e. The summed E-state index contributed by atoms with van der Waals surface area (Å²) >= 11 is 6.11. The van der Waals surface area contributed by atoms with Crippen LogP contribution in [0.15, 0.2) is 18.2 Å². The van der Waals surface area contributed by atoms with E-state index in [1.54, 1.807) is 18.2 Å². The normalized spacial score (nSPS) is 15.8. The van der Waals surface area contributed by atoms with E-state index in [0.29, 0.717) is 16.1 Å². The van der Waals surface area contributed by atoms with Gasteiger partial charge in [-0.3, -0.25) is 4.79 Å². The summed E-state index contributed by atoms with van der Waals surface area (Å²) in [5, 5.41) is 3.46. The number of benzene rings is 1. The van der Waals surface area contributed by atoms with Gasteiger partial charge < -0.3 is 11.1 Å². The summed E-state index contributed by atoms with van der Waals surface area (Å²) in [6.45, 7) is 3.21. The van der Waals surface area contributed by atoms with Crippen molar-refractivity contribution in [2.24, 2.45) is 11.1 Å². The summed E-state index contributed by atoms with van der Waals surface area (Å²) in [7, 11) is 0. The topological polar surface area (TPSA) is 55.1 Å². The summed E-state index contributed by atoms with van der Waals surface area (Å²) in [6, 6.07) is 5.15. The van der Waals surface area contributed by atoms with Gasteiger partial charge in [0.2, 0.25) is 0 Å². The zero-order valence-corrected chi connectivity index (χ0v) is 12.4. The molecular formula is C16H19ClN2O. The van der Waals surface area contributed by atoms with Crippen LogP contribution in [0.2, 0.25) is 5.02 Å². The number of nitrogens with two attached hydrogens (primary N) is 1. The Bertz CT molecular complexity index is 568. The van der Waals surface area contributed by atoms with E-state index < -0.39 is 0 Å². The number of carbonyl (C=O) groups is 1. The average molecular weight is 291 g/mol. The standard InChI is InChI=1S/C16H19ClN2O/c1-16(7-3-8-16)11-19-15(20)13-6-5-12(4-2-9-18)14(17)10-13/h5-6,10H,3,7-9,11,18H2,1H3,(H,19,20). The van der Waals surface area contributed by atoms with Crippen LogP contribution in [0.5, 0.6) is 0 Å². The van der Waals surface area contributed by atoms with Gasteiger partial charge in [0.25, 0.3) is 5.91 Å². The number of hydrogen-bond donors (Lipinski definition) is 2. The van der Waals surface area contributed by atoms with Crippen molar-refractivity contribution in [3.8, 4) is 11.8 Å². The van der Waals surface area contributed by atoms with E-state index in [9.17, 15) is 4.79 Å². The molecule has 1 aromatic carbocycles. The Kier molecular flexibility index (Phi) is 4.69. The van der Waals surface area contributed by atoms with E-state index in [2.05, 4.69) is 24.1 Å². The molecular weight excluding hydrogens is 272 g/mol. The zero-order chi connectivity index (χ0) is 14.6. The first-order chi connectivity index (χ1) is 9.54. The predicted molar refractivity (Wildman–Crippen MR) is 81.7 cm³/mol. The largest absolute Gasteiger partial charge is 0.351 e. The predicted octanol–water partition coefficient (Wildman–Crippen LogP) is 2.57. The van der Waals surface area contributed by atoms with Crippen molar-refractivity contribution < 1.29 is 4.79 Å². The highest BCUT2D eigenvalue weighted by molar-refractivity contribution is 6.32. The minimum Gasteiger partial charge on any atom is -0.351 e. The molecule has 0 bridgehead atoms. The molecule has 1 aliphatic carbocycles. The van der Waals surface area contributed by atoms with Gasteiger partial charge in [-0.15, -0.1) is 0 Å². The number of hydrogen-bond acceptors (Lipinski definition) is 2. The summed E-state index contributed by atoms with van der Waals surface area (Å²) < 4.78 is 0. The van der Waals surface area contributed by atoms with E-state index in [0.717, 1.165) is 6.54 Å². The first-order valence-electron chi connectivity index (χ1n) is 6.81. The Labute approximate surface area is 124 Å². The molecule has 0 radical (unpaired) electrons. The fraction of sp³-hybridized carbons (Fsp3) is 0.438. The van der Waals surface area contributed by atoms with Gasteiger partial charge in [0.1, 0.15) is 0 Å². The van der Waals surface area contributed by atoms with Crippen LogP contribution in [0.25, 0.3) is 0 Å². The average Bonchev–Trinajstić information content (AvgIpc) is 2.41. The SMILES string of the molecule is CC1(CNC(=O)c2ccc(C#CCN)c(Cl)c2)CCC1. The fourth-order valence-corrected chi connectivity index (χ4v) is 2.48. The lowest BCUT2D eigenvalue weighted by Gasteiger charge is -2.38. The van der Waals surface area contributed by atoms with Crippen LogP contribution in [0.3, 0.4) is 0 Å². The van der Waals surface area contributed by atoms with Gasteiger partial charge in [0.15, 0.2) is 0 Å². The highest BCUT2D eigenvalue weighted by Gasteiger charge is 2.31. The number of amides is 1. The van der Waals surface area contributed by atoms with Crippen LogP contribution in [-0.2, 0) is 0 Å². The van der Waals surface area contributed by atoms with Gasteiger partial charge in [0, 0.05) is 17.7 Å². The zero-order valence-electron chi connectivity index (χ0n) is 11.6. The van der Waals surface area contributed by atoms with Crippen molar-refractivity contribution in [2.45, 2.75) is 26.2 Å². The summed E-state index contributed by atoms with van der Waals surface area (Å²) in [5.74, 6) is 5.54. The molecule has 0 aromatic heterocycles. The minimum atomic E-state index is -0.0849. The van der Waals surface area contributed by atoms with Crippen molar-refractivity contribution in [3.05, 3.63) is 34.3 Å². The van der Waals surface area contributed by atoms with Crippen LogP contribution in [0.4, 0.5) is 0 Å². The number of rotatable bonds is 3. The molecule has 0 saturated heterocycles. The molecule has 2 rings (SSSR count). The molecule has 1 aliphatic rings. The molecule has 0 spiro atoms. The van der Waals surface area contributed by atoms with Crippen LogP contribution in [0, 0.1) is 17.3 Å². The summed E-state index contributed by atoms with van der Waals surface area (Å²) in [4.78, 5) is 12.1. The Balaban J connectivity index is 2.01. The molecule has 1 fully saturated rings. The van der Waals surface area contributed by atoms with E-state index in [-0.39, 0.29) is 17.9 Å². The van der Waals surface area contributed by atoms with E-state index in [1.165, 1.54) is 19.3 Å². The van der Waals surface area contributed by atoms with Gasteiger partial charge in [-0.05, 0) is 36.5 Å². The molecule has 3 N–H and O–H groups in total. The second-order valence-corrected chi connectivity index (χ2v) is 5.95. The molecule has 0 aliphatic heterocycles. The Morgan fingerprint density at radius 2 is 2.25 bits per heavy atom. The van der Waals surface area contributed by atoms with Gasteiger partial charge in [-0.25, -0.2) is 0 Å². The molecule has 0 atom stereocenters. The summed E-state index contributed by atoms with van der Waals surface area (Å²) in [5.41, 5.74) is 6.85. The van der Waals surface area contributed by atoms with Crippen molar-refractivity contribution >= 4 is 17.5 Å². The molecule has 106 valence electrons. The second kappa shape index (κ2) is 6.30. The highest BCUT2D eigenvalue weighted by atomic mass is 35.5. The lowest BCUT2D eigenvalue weighted by molar-refractivity contribution is 0.0891. The third-order valence-electron chi connectivity index (χ3n) is 3.79. The lowest BCUT2D eigenvalue weighted by atomic mass is 9.70. The van der Waals surface area contributed by atoms with Crippen molar-refractivity contribution in [2.75, 3.05) is 13.1 Å². The third kappa shape index (κ3) is 3.53. The summed E-state index contributed by atoms with van der Waals surface area (Å²) in [6.07, 6.45) is 3.62. The van der Waals surface area contributed by atoms with Crippen LogP contribution < -0.4 is 11.1 Å². The van der Waals surface area contributed by atoms with Crippen molar-refractivity contribution in [1.82, 2.24) is 5.32 Å².